The van der Waals surface area contributed by atoms with Crippen LogP contribution in [0, 0.1) is 0 Å². The van der Waals surface area contributed by atoms with E-state index in [0.717, 1.165) is 18.5 Å². The largest absolute Gasteiger partial charge is 0.316 e. The van der Waals surface area contributed by atoms with E-state index in [2.05, 4.69) is 6.92 Å². The van der Waals surface area contributed by atoms with Crippen LogP contribution in [0.1, 0.15) is 32.9 Å². The lowest BCUT2D eigenvalue weighted by molar-refractivity contribution is 0.747. The molecule has 0 radical (unpaired) electrons. The van der Waals surface area contributed by atoms with Crippen LogP contribution in [0.2, 0.25) is 0 Å². The molecule has 0 saturated heterocycles. The fraction of sp³-hybridized carbons (Fsp3) is 0.545. The Kier molecular flexibility index (Phi) is 5.94. The summed E-state index contributed by atoms with van der Waals surface area (Å²) >= 11 is 0. The maximum atomic E-state index is 11.1. The zero-order chi connectivity index (χ0) is 10.3. The van der Waals surface area contributed by atoms with Crippen molar-refractivity contribution in [1.82, 2.24) is 4.57 Å². The summed E-state index contributed by atoms with van der Waals surface area (Å²) in [4.78, 5) is 11.1. The molecule has 0 aliphatic rings. The first-order valence-corrected chi connectivity index (χ1v) is 4.90. The quantitative estimate of drug-likeness (QED) is 0.686. The maximum absolute atomic E-state index is 11.1. The molecule has 2 heteroatoms. The average molecular weight is 181 g/mol. The van der Waals surface area contributed by atoms with Crippen molar-refractivity contribution in [2.45, 2.75) is 33.6 Å². The van der Waals surface area contributed by atoms with Crippen molar-refractivity contribution < 1.29 is 0 Å². The van der Waals surface area contributed by atoms with Crippen LogP contribution in [0.25, 0.3) is 0 Å². The third-order valence-electron chi connectivity index (χ3n) is 1.79. The number of aryl methyl sites for hydroxylation is 1. The van der Waals surface area contributed by atoms with Gasteiger partial charge < -0.3 is 4.57 Å². The molecule has 0 saturated carbocycles. The standard InChI is InChI=1S/C9H13NO.C2H6/c1-3-5-8-6-4-7-9(11)10(8)2;1-2/h4,6-7H,3,5H2,1-2H3;1-2H3. The molecule has 0 spiro atoms. The molecule has 0 aliphatic heterocycles. The van der Waals surface area contributed by atoms with E-state index in [-0.39, 0.29) is 5.56 Å². The lowest BCUT2D eigenvalue weighted by Crippen LogP contribution is -2.18. The van der Waals surface area contributed by atoms with E-state index in [1.54, 1.807) is 10.6 Å². The van der Waals surface area contributed by atoms with Crippen molar-refractivity contribution >= 4 is 0 Å². The number of hydrogen-bond acceptors (Lipinski definition) is 1. The number of pyridine rings is 1. The van der Waals surface area contributed by atoms with Crippen molar-refractivity contribution in [3.05, 3.63) is 34.2 Å². The van der Waals surface area contributed by atoms with Crippen LogP contribution in [-0.2, 0) is 13.5 Å². The van der Waals surface area contributed by atoms with Crippen molar-refractivity contribution in [2.24, 2.45) is 7.05 Å². The molecular formula is C11H19NO. The molecule has 1 aromatic rings. The molecule has 0 amide bonds. The van der Waals surface area contributed by atoms with Gasteiger partial charge in [0.2, 0.25) is 5.56 Å². The van der Waals surface area contributed by atoms with Gasteiger partial charge >= 0.3 is 0 Å². The van der Waals surface area contributed by atoms with E-state index in [1.807, 2.05) is 33.0 Å². The van der Waals surface area contributed by atoms with Gasteiger partial charge in [-0.3, -0.25) is 4.79 Å². The third kappa shape index (κ3) is 3.45. The molecule has 0 aliphatic carbocycles. The molecule has 0 atom stereocenters. The summed E-state index contributed by atoms with van der Waals surface area (Å²) in [7, 11) is 1.81. The number of rotatable bonds is 2. The first-order chi connectivity index (χ1) is 6.25. The van der Waals surface area contributed by atoms with Crippen LogP contribution in [0.5, 0.6) is 0 Å². The summed E-state index contributed by atoms with van der Waals surface area (Å²) in [6.45, 7) is 6.11. The van der Waals surface area contributed by atoms with Crippen LogP contribution in [-0.4, -0.2) is 4.57 Å². The summed E-state index contributed by atoms with van der Waals surface area (Å²) in [6.07, 6.45) is 2.06. The summed E-state index contributed by atoms with van der Waals surface area (Å²) < 4.78 is 1.70. The molecule has 0 aromatic carbocycles. The lowest BCUT2D eigenvalue weighted by Gasteiger charge is -2.04. The maximum Gasteiger partial charge on any atom is 0.250 e. The van der Waals surface area contributed by atoms with Gasteiger partial charge in [0.1, 0.15) is 0 Å². The normalized spacial score (nSPS) is 8.92. The first kappa shape index (κ1) is 11.9. The molecule has 0 fully saturated rings. The lowest BCUT2D eigenvalue weighted by atomic mass is 10.2. The molecular weight excluding hydrogens is 162 g/mol. The van der Waals surface area contributed by atoms with Crippen molar-refractivity contribution in [3.63, 3.8) is 0 Å². The Morgan fingerprint density at radius 1 is 1.31 bits per heavy atom. The first-order valence-electron chi connectivity index (χ1n) is 4.90. The minimum Gasteiger partial charge on any atom is -0.316 e. The van der Waals surface area contributed by atoms with Gasteiger partial charge in [-0.15, -0.1) is 0 Å². The highest BCUT2D eigenvalue weighted by Crippen LogP contribution is 1.97. The Balaban J connectivity index is 0.000000671. The predicted molar refractivity (Wildman–Crippen MR) is 57.0 cm³/mol. The highest BCUT2D eigenvalue weighted by atomic mass is 16.1. The zero-order valence-corrected chi connectivity index (χ0v) is 9.00. The summed E-state index contributed by atoms with van der Waals surface area (Å²) in [5.41, 5.74) is 1.19. The van der Waals surface area contributed by atoms with Crippen LogP contribution in [0.3, 0.4) is 0 Å². The van der Waals surface area contributed by atoms with E-state index in [1.165, 1.54) is 0 Å². The van der Waals surface area contributed by atoms with Gasteiger partial charge in [0.25, 0.3) is 0 Å². The van der Waals surface area contributed by atoms with Gasteiger partial charge in [0, 0.05) is 18.8 Å². The Morgan fingerprint density at radius 3 is 2.46 bits per heavy atom. The number of hydrogen-bond donors (Lipinski definition) is 0. The highest BCUT2D eigenvalue weighted by Gasteiger charge is 1.95. The van der Waals surface area contributed by atoms with E-state index in [9.17, 15) is 4.79 Å². The highest BCUT2D eigenvalue weighted by molar-refractivity contribution is 5.05. The van der Waals surface area contributed by atoms with E-state index >= 15 is 0 Å². The second kappa shape index (κ2) is 6.46. The Labute approximate surface area is 80.2 Å². The van der Waals surface area contributed by atoms with Crippen LogP contribution in [0.4, 0.5) is 0 Å². The fourth-order valence-corrected chi connectivity index (χ4v) is 1.11. The third-order valence-corrected chi connectivity index (χ3v) is 1.79. The van der Waals surface area contributed by atoms with Crippen LogP contribution in [0.15, 0.2) is 23.0 Å². The topological polar surface area (TPSA) is 22.0 Å². The van der Waals surface area contributed by atoms with Gasteiger partial charge in [-0.05, 0) is 12.5 Å². The Hall–Kier alpha value is -1.05. The fourth-order valence-electron chi connectivity index (χ4n) is 1.11. The zero-order valence-electron chi connectivity index (χ0n) is 9.00. The summed E-state index contributed by atoms with van der Waals surface area (Å²) in [5.74, 6) is 0. The van der Waals surface area contributed by atoms with Crippen LogP contribution >= 0.6 is 0 Å². The smallest absolute Gasteiger partial charge is 0.250 e. The second-order valence-corrected chi connectivity index (χ2v) is 2.66. The summed E-state index contributed by atoms with van der Waals surface area (Å²) in [6, 6.07) is 5.39. The SMILES string of the molecule is CC.CCCc1cccc(=O)n1C. The van der Waals surface area contributed by atoms with E-state index < -0.39 is 0 Å². The minimum absolute atomic E-state index is 0.0796. The number of nitrogens with zero attached hydrogens (tertiary/aromatic N) is 1. The average Bonchev–Trinajstić information content (AvgIpc) is 2.17. The molecule has 1 aromatic heterocycles. The van der Waals surface area contributed by atoms with Gasteiger partial charge in [-0.1, -0.05) is 33.3 Å². The molecule has 0 bridgehead atoms. The van der Waals surface area contributed by atoms with Crippen molar-refractivity contribution in [2.75, 3.05) is 0 Å². The monoisotopic (exact) mass is 181 g/mol. The van der Waals surface area contributed by atoms with Gasteiger partial charge in [0.05, 0.1) is 0 Å². The second-order valence-electron chi connectivity index (χ2n) is 2.66. The molecule has 1 heterocycles. The Bertz CT molecular complexity index is 288. The number of aromatic nitrogens is 1. The molecule has 0 N–H and O–H groups in total. The van der Waals surface area contributed by atoms with Gasteiger partial charge in [-0.25, -0.2) is 0 Å². The molecule has 1 rings (SSSR count). The summed E-state index contributed by atoms with van der Waals surface area (Å²) in [5, 5.41) is 0. The van der Waals surface area contributed by atoms with E-state index in [0.29, 0.717) is 0 Å². The van der Waals surface area contributed by atoms with Crippen molar-refractivity contribution in [1.29, 1.82) is 0 Å². The van der Waals surface area contributed by atoms with Crippen molar-refractivity contribution in [3.8, 4) is 0 Å². The van der Waals surface area contributed by atoms with Crippen LogP contribution < -0.4 is 5.56 Å². The molecule has 0 unspecified atom stereocenters. The predicted octanol–water partition coefficient (Wildman–Crippen LogP) is 2.36. The van der Waals surface area contributed by atoms with Gasteiger partial charge in [0.15, 0.2) is 0 Å². The minimum atomic E-state index is 0.0796. The Morgan fingerprint density at radius 2 is 1.92 bits per heavy atom. The molecule has 2 nitrogen and oxygen atoms in total. The van der Waals surface area contributed by atoms with E-state index in [4.69, 9.17) is 0 Å². The molecule has 74 valence electrons. The van der Waals surface area contributed by atoms with Gasteiger partial charge in [-0.2, -0.15) is 0 Å². The molecule has 13 heavy (non-hydrogen) atoms.